The minimum Gasteiger partial charge on any atom is -0.399 e. The summed E-state index contributed by atoms with van der Waals surface area (Å²) in [4.78, 5) is 8.82. The van der Waals surface area contributed by atoms with Crippen LogP contribution in [0.2, 0.25) is 0 Å². The number of fused-ring (bicyclic) bond motifs is 1. The van der Waals surface area contributed by atoms with E-state index in [1.54, 1.807) is 6.20 Å². The normalized spacial score (nSPS) is 10.7. The van der Waals surface area contributed by atoms with Crippen molar-refractivity contribution in [2.24, 2.45) is 0 Å². The number of rotatable bonds is 3. The minimum atomic E-state index is 0.686. The molecule has 3 N–H and O–H groups in total. The second-order valence-corrected chi connectivity index (χ2v) is 4.76. The van der Waals surface area contributed by atoms with Crippen molar-refractivity contribution in [2.75, 3.05) is 11.1 Å². The predicted molar refractivity (Wildman–Crippen MR) is 82.5 cm³/mol. The van der Waals surface area contributed by atoms with E-state index in [0.717, 1.165) is 33.7 Å². The van der Waals surface area contributed by atoms with E-state index >= 15 is 0 Å². The van der Waals surface area contributed by atoms with Crippen LogP contribution in [0.1, 0.15) is 11.4 Å². The molecule has 4 nitrogen and oxygen atoms in total. The summed E-state index contributed by atoms with van der Waals surface area (Å²) in [7, 11) is 0. The molecular weight excluding hydrogens is 248 g/mol. The van der Waals surface area contributed by atoms with Gasteiger partial charge in [0.2, 0.25) is 0 Å². The van der Waals surface area contributed by atoms with Gasteiger partial charge < -0.3 is 11.1 Å². The molecule has 0 unspecified atom stereocenters. The molecule has 3 rings (SSSR count). The van der Waals surface area contributed by atoms with Gasteiger partial charge >= 0.3 is 0 Å². The summed E-state index contributed by atoms with van der Waals surface area (Å²) in [6, 6.07) is 13.8. The molecule has 0 saturated heterocycles. The van der Waals surface area contributed by atoms with Gasteiger partial charge in [-0.1, -0.05) is 6.07 Å². The molecule has 0 saturated carbocycles. The monoisotopic (exact) mass is 264 g/mol. The maximum Gasteiger partial charge on any atom is 0.0743 e. The molecule has 100 valence electrons. The summed E-state index contributed by atoms with van der Waals surface area (Å²) in [5.74, 6) is 0. The zero-order valence-electron chi connectivity index (χ0n) is 11.3. The molecule has 0 bridgehead atoms. The molecule has 0 amide bonds. The molecule has 20 heavy (non-hydrogen) atoms. The van der Waals surface area contributed by atoms with Gasteiger partial charge in [0.15, 0.2) is 0 Å². The Morgan fingerprint density at radius 3 is 2.90 bits per heavy atom. The van der Waals surface area contributed by atoms with Crippen LogP contribution in [-0.4, -0.2) is 9.97 Å². The Balaban J connectivity index is 1.87. The third kappa shape index (κ3) is 2.54. The lowest BCUT2D eigenvalue weighted by Gasteiger charge is -2.09. The fourth-order valence-electron chi connectivity index (χ4n) is 2.20. The first-order chi connectivity index (χ1) is 9.72. The number of benzene rings is 1. The van der Waals surface area contributed by atoms with Crippen molar-refractivity contribution < 1.29 is 0 Å². The first kappa shape index (κ1) is 12.4. The van der Waals surface area contributed by atoms with Crippen molar-refractivity contribution in [1.29, 1.82) is 0 Å². The van der Waals surface area contributed by atoms with E-state index < -0.39 is 0 Å². The molecule has 0 radical (unpaired) electrons. The molecule has 0 spiro atoms. The number of nitrogens with one attached hydrogen (secondary N) is 1. The van der Waals surface area contributed by atoms with Gasteiger partial charge in [0.05, 0.1) is 17.8 Å². The van der Waals surface area contributed by atoms with Crippen molar-refractivity contribution >= 4 is 22.3 Å². The summed E-state index contributed by atoms with van der Waals surface area (Å²) >= 11 is 0. The number of aromatic nitrogens is 2. The number of hydrogen-bond acceptors (Lipinski definition) is 4. The van der Waals surface area contributed by atoms with Gasteiger partial charge in [-0.25, -0.2) is 0 Å². The molecule has 0 fully saturated rings. The summed E-state index contributed by atoms with van der Waals surface area (Å²) < 4.78 is 0. The lowest BCUT2D eigenvalue weighted by molar-refractivity contribution is 1.02. The van der Waals surface area contributed by atoms with E-state index in [0.29, 0.717) is 6.54 Å². The Labute approximate surface area is 117 Å². The van der Waals surface area contributed by atoms with E-state index in [4.69, 9.17) is 5.73 Å². The van der Waals surface area contributed by atoms with Gasteiger partial charge in [-0.15, -0.1) is 0 Å². The fourth-order valence-corrected chi connectivity index (χ4v) is 2.20. The standard InChI is InChI=1S/C16H16N4/c1-11-3-2-4-13(20-11)10-19-15-7-8-18-16-9-12(17)5-6-14(15)16/h2-9H,10,17H2,1H3,(H,18,19). The number of nitrogens with two attached hydrogens (primary N) is 1. The number of anilines is 2. The molecule has 4 heteroatoms. The van der Waals surface area contributed by atoms with Gasteiger partial charge in [0.1, 0.15) is 0 Å². The van der Waals surface area contributed by atoms with Crippen LogP contribution in [0.3, 0.4) is 0 Å². The Kier molecular flexibility index (Phi) is 3.21. The van der Waals surface area contributed by atoms with Crippen LogP contribution < -0.4 is 11.1 Å². The molecule has 3 aromatic rings. The predicted octanol–water partition coefficient (Wildman–Crippen LogP) is 3.13. The number of pyridine rings is 2. The average molecular weight is 264 g/mol. The maximum absolute atomic E-state index is 5.79. The largest absolute Gasteiger partial charge is 0.399 e. The van der Waals surface area contributed by atoms with E-state index in [1.807, 2.05) is 49.4 Å². The quantitative estimate of drug-likeness (QED) is 0.713. The van der Waals surface area contributed by atoms with Gasteiger partial charge in [0.25, 0.3) is 0 Å². The van der Waals surface area contributed by atoms with Gasteiger partial charge in [0, 0.05) is 28.7 Å². The Hall–Kier alpha value is -2.62. The van der Waals surface area contributed by atoms with Crippen LogP contribution in [0.25, 0.3) is 10.9 Å². The first-order valence-electron chi connectivity index (χ1n) is 6.53. The van der Waals surface area contributed by atoms with Crippen molar-refractivity contribution in [3.05, 3.63) is 60.0 Å². The lowest BCUT2D eigenvalue weighted by atomic mass is 10.1. The van der Waals surface area contributed by atoms with Gasteiger partial charge in [-0.2, -0.15) is 0 Å². The van der Waals surface area contributed by atoms with Crippen LogP contribution in [0.4, 0.5) is 11.4 Å². The van der Waals surface area contributed by atoms with E-state index in [-0.39, 0.29) is 0 Å². The second kappa shape index (κ2) is 5.17. The van der Waals surface area contributed by atoms with Gasteiger partial charge in [-0.3, -0.25) is 9.97 Å². The summed E-state index contributed by atoms with van der Waals surface area (Å²) in [6.07, 6.45) is 1.79. The number of aryl methyl sites for hydroxylation is 1. The smallest absolute Gasteiger partial charge is 0.0743 e. The van der Waals surface area contributed by atoms with Crippen molar-refractivity contribution in [2.45, 2.75) is 13.5 Å². The highest BCUT2D eigenvalue weighted by atomic mass is 14.9. The average Bonchev–Trinajstić information content (AvgIpc) is 2.44. The SMILES string of the molecule is Cc1cccc(CNc2ccnc3cc(N)ccc23)n1. The number of hydrogen-bond donors (Lipinski definition) is 2. The second-order valence-electron chi connectivity index (χ2n) is 4.76. The topological polar surface area (TPSA) is 63.8 Å². The van der Waals surface area contributed by atoms with Gasteiger partial charge in [-0.05, 0) is 43.3 Å². The first-order valence-corrected chi connectivity index (χ1v) is 6.53. The highest BCUT2D eigenvalue weighted by Gasteiger charge is 2.02. The van der Waals surface area contributed by atoms with Crippen molar-refractivity contribution in [3.8, 4) is 0 Å². The van der Waals surface area contributed by atoms with Crippen LogP contribution in [0, 0.1) is 6.92 Å². The molecule has 1 aromatic carbocycles. The zero-order chi connectivity index (χ0) is 13.9. The molecular formula is C16H16N4. The van der Waals surface area contributed by atoms with Crippen LogP contribution in [0.5, 0.6) is 0 Å². The highest BCUT2D eigenvalue weighted by molar-refractivity contribution is 5.92. The molecule has 0 aliphatic heterocycles. The summed E-state index contributed by atoms with van der Waals surface area (Å²) in [6.45, 7) is 2.68. The molecule has 0 atom stereocenters. The van der Waals surface area contributed by atoms with Crippen LogP contribution in [0.15, 0.2) is 48.7 Å². The Bertz CT molecular complexity index is 752. The number of nitrogen functional groups attached to an aromatic ring is 1. The van der Waals surface area contributed by atoms with E-state index in [9.17, 15) is 0 Å². The highest BCUT2D eigenvalue weighted by Crippen LogP contribution is 2.23. The Morgan fingerprint density at radius 1 is 1.15 bits per heavy atom. The Morgan fingerprint density at radius 2 is 2.05 bits per heavy atom. The molecule has 0 aliphatic carbocycles. The van der Waals surface area contributed by atoms with Crippen molar-refractivity contribution in [3.63, 3.8) is 0 Å². The third-order valence-electron chi connectivity index (χ3n) is 3.17. The zero-order valence-corrected chi connectivity index (χ0v) is 11.3. The fraction of sp³-hybridized carbons (Fsp3) is 0.125. The van der Waals surface area contributed by atoms with Crippen LogP contribution in [-0.2, 0) is 6.54 Å². The lowest BCUT2D eigenvalue weighted by Crippen LogP contribution is -2.03. The molecule has 2 heterocycles. The van der Waals surface area contributed by atoms with E-state index in [1.165, 1.54) is 0 Å². The molecule has 2 aromatic heterocycles. The third-order valence-corrected chi connectivity index (χ3v) is 3.17. The van der Waals surface area contributed by atoms with Crippen LogP contribution >= 0.6 is 0 Å². The summed E-state index contributed by atoms with van der Waals surface area (Å²) in [5, 5.41) is 4.47. The maximum atomic E-state index is 5.79. The van der Waals surface area contributed by atoms with E-state index in [2.05, 4.69) is 15.3 Å². The summed E-state index contributed by atoms with van der Waals surface area (Å²) in [5.41, 5.74) is 10.5. The minimum absolute atomic E-state index is 0.686. The van der Waals surface area contributed by atoms with Crippen molar-refractivity contribution in [1.82, 2.24) is 9.97 Å². The number of nitrogens with zero attached hydrogens (tertiary/aromatic N) is 2. The molecule has 0 aliphatic rings.